The van der Waals surface area contributed by atoms with Crippen molar-refractivity contribution in [2.24, 2.45) is 11.7 Å². The van der Waals surface area contributed by atoms with Crippen molar-refractivity contribution in [1.82, 2.24) is 9.59 Å². The molecule has 3 nitrogen and oxygen atoms in total. The second-order valence-corrected chi connectivity index (χ2v) is 4.46. The van der Waals surface area contributed by atoms with E-state index < -0.39 is 0 Å². The Morgan fingerprint density at radius 3 is 2.69 bits per heavy atom. The van der Waals surface area contributed by atoms with Gasteiger partial charge in [-0.25, -0.2) is 0 Å². The van der Waals surface area contributed by atoms with Gasteiger partial charge in [-0.05, 0) is 30.3 Å². The Kier molecular flexibility index (Phi) is 3.81. The second-order valence-electron chi connectivity index (χ2n) is 3.67. The maximum atomic E-state index is 6.05. The third-order valence-electron chi connectivity index (χ3n) is 1.98. The van der Waals surface area contributed by atoms with Crippen molar-refractivity contribution in [3.05, 3.63) is 10.6 Å². The lowest BCUT2D eigenvalue weighted by Crippen LogP contribution is -2.13. The van der Waals surface area contributed by atoms with E-state index in [0.717, 1.165) is 23.4 Å². The molecule has 2 N–H and O–H groups in total. The molecular weight excluding hydrogens is 182 g/mol. The zero-order valence-electron chi connectivity index (χ0n) is 8.45. The molecule has 1 aromatic rings. The van der Waals surface area contributed by atoms with Gasteiger partial charge < -0.3 is 5.73 Å². The van der Waals surface area contributed by atoms with E-state index in [1.165, 1.54) is 11.5 Å². The second kappa shape index (κ2) is 4.67. The summed E-state index contributed by atoms with van der Waals surface area (Å²) in [6, 6.07) is 0.120. The SMILES string of the molecule is CCc1nnsc1C(N)CC(C)C. The van der Waals surface area contributed by atoms with E-state index in [-0.39, 0.29) is 6.04 Å². The molecule has 0 spiro atoms. The van der Waals surface area contributed by atoms with Gasteiger partial charge in [0.1, 0.15) is 0 Å². The van der Waals surface area contributed by atoms with Crippen LogP contribution in [0.4, 0.5) is 0 Å². The molecular formula is C9H17N3S. The summed E-state index contributed by atoms with van der Waals surface area (Å²) in [5.74, 6) is 0.627. The van der Waals surface area contributed by atoms with E-state index in [9.17, 15) is 0 Å². The average molecular weight is 199 g/mol. The van der Waals surface area contributed by atoms with E-state index in [2.05, 4.69) is 30.4 Å². The molecule has 0 saturated heterocycles. The first kappa shape index (κ1) is 10.6. The molecule has 1 rings (SSSR count). The van der Waals surface area contributed by atoms with E-state index in [1.807, 2.05) is 0 Å². The maximum Gasteiger partial charge on any atom is 0.0800 e. The standard InChI is InChI=1S/C9H17N3S/c1-4-8-9(13-12-11-8)7(10)5-6(2)3/h6-7H,4-5,10H2,1-3H3. The van der Waals surface area contributed by atoms with Crippen LogP contribution in [0.3, 0.4) is 0 Å². The Bertz CT molecular complexity index is 257. The minimum atomic E-state index is 0.120. The predicted molar refractivity (Wildman–Crippen MR) is 55.7 cm³/mol. The normalized spacial score (nSPS) is 13.6. The number of rotatable bonds is 4. The van der Waals surface area contributed by atoms with Gasteiger partial charge >= 0.3 is 0 Å². The molecule has 1 heterocycles. The van der Waals surface area contributed by atoms with Gasteiger partial charge in [0.05, 0.1) is 10.6 Å². The van der Waals surface area contributed by atoms with Crippen LogP contribution < -0.4 is 5.73 Å². The van der Waals surface area contributed by atoms with Gasteiger partial charge in [-0.3, -0.25) is 0 Å². The Balaban J connectivity index is 2.69. The highest BCUT2D eigenvalue weighted by molar-refractivity contribution is 7.05. The van der Waals surface area contributed by atoms with E-state index in [0.29, 0.717) is 5.92 Å². The summed E-state index contributed by atoms with van der Waals surface area (Å²) in [7, 11) is 0. The molecule has 0 aliphatic heterocycles. The number of hydrogen-bond donors (Lipinski definition) is 1. The smallest absolute Gasteiger partial charge is 0.0800 e. The first-order valence-corrected chi connectivity index (χ1v) is 5.49. The fraction of sp³-hybridized carbons (Fsp3) is 0.778. The van der Waals surface area contributed by atoms with Gasteiger partial charge in [0, 0.05) is 6.04 Å². The summed E-state index contributed by atoms with van der Waals surface area (Å²) < 4.78 is 3.93. The largest absolute Gasteiger partial charge is 0.323 e. The van der Waals surface area contributed by atoms with Crippen molar-refractivity contribution in [2.45, 2.75) is 39.7 Å². The molecule has 0 saturated carbocycles. The molecule has 0 aromatic carbocycles. The van der Waals surface area contributed by atoms with E-state index in [1.54, 1.807) is 0 Å². The van der Waals surface area contributed by atoms with Crippen LogP contribution in [-0.4, -0.2) is 9.59 Å². The molecule has 1 atom stereocenters. The Hall–Kier alpha value is -0.480. The molecule has 0 fully saturated rings. The summed E-state index contributed by atoms with van der Waals surface area (Å²) in [6.45, 7) is 6.45. The topological polar surface area (TPSA) is 51.8 Å². The summed E-state index contributed by atoms with van der Waals surface area (Å²) in [4.78, 5) is 1.16. The summed E-state index contributed by atoms with van der Waals surface area (Å²) in [5, 5.41) is 4.05. The lowest BCUT2D eigenvalue weighted by molar-refractivity contribution is 0.512. The molecule has 0 amide bonds. The lowest BCUT2D eigenvalue weighted by Gasteiger charge is -2.12. The molecule has 0 aliphatic rings. The van der Waals surface area contributed by atoms with Crippen LogP contribution in [0.5, 0.6) is 0 Å². The Morgan fingerprint density at radius 1 is 1.46 bits per heavy atom. The van der Waals surface area contributed by atoms with Crippen LogP contribution in [0.15, 0.2) is 0 Å². The summed E-state index contributed by atoms with van der Waals surface area (Å²) >= 11 is 1.44. The van der Waals surface area contributed by atoms with Crippen molar-refractivity contribution in [1.29, 1.82) is 0 Å². The van der Waals surface area contributed by atoms with Gasteiger partial charge in [-0.15, -0.1) is 5.10 Å². The zero-order chi connectivity index (χ0) is 9.84. The van der Waals surface area contributed by atoms with Crippen molar-refractivity contribution < 1.29 is 0 Å². The molecule has 1 unspecified atom stereocenters. The van der Waals surface area contributed by atoms with Crippen molar-refractivity contribution in [2.75, 3.05) is 0 Å². The van der Waals surface area contributed by atoms with Crippen molar-refractivity contribution >= 4 is 11.5 Å². The van der Waals surface area contributed by atoms with Crippen LogP contribution in [0.1, 0.15) is 43.8 Å². The predicted octanol–water partition coefficient (Wildman–Crippen LogP) is 2.15. The number of aromatic nitrogens is 2. The number of aryl methyl sites for hydroxylation is 1. The highest BCUT2D eigenvalue weighted by atomic mass is 32.1. The minimum absolute atomic E-state index is 0.120. The minimum Gasteiger partial charge on any atom is -0.323 e. The zero-order valence-corrected chi connectivity index (χ0v) is 9.27. The van der Waals surface area contributed by atoms with Crippen molar-refractivity contribution in [3.63, 3.8) is 0 Å². The third-order valence-corrected chi connectivity index (χ3v) is 2.88. The van der Waals surface area contributed by atoms with Crippen LogP contribution in [0, 0.1) is 5.92 Å². The molecule has 4 heteroatoms. The first-order chi connectivity index (χ1) is 6.15. The number of nitrogens with two attached hydrogens (primary N) is 1. The van der Waals surface area contributed by atoms with Gasteiger partial charge in [0.25, 0.3) is 0 Å². The summed E-state index contributed by atoms with van der Waals surface area (Å²) in [5.41, 5.74) is 7.11. The molecule has 13 heavy (non-hydrogen) atoms. The molecule has 0 aliphatic carbocycles. The van der Waals surface area contributed by atoms with Gasteiger partial charge in [-0.1, -0.05) is 25.3 Å². The lowest BCUT2D eigenvalue weighted by atomic mass is 10.0. The fourth-order valence-corrected chi connectivity index (χ4v) is 2.11. The van der Waals surface area contributed by atoms with Gasteiger partial charge in [0.2, 0.25) is 0 Å². The van der Waals surface area contributed by atoms with Crippen molar-refractivity contribution in [3.8, 4) is 0 Å². The highest BCUT2D eigenvalue weighted by Crippen LogP contribution is 2.24. The Morgan fingerprint density at radius 2 is 2.15 bits per heavy atom. The molecule has 1 aromatic heterocycles. The maximum absolute atomic E-state index is 6.05. The molecule has 0 bridgehead atoms. The van der Waals surface area contributed by atoms with E-state index >= 15 is 0 Å². The van der Waals surface area contributed by atoms with E-state index in [4.69, 9.17) is 5.73 Å². The fourth-order valence-electron chi connectivity index (χ4n) is 1.36. The number of nitrogens with zero attached hydrogens (tertiary/aromatic N) is 2. The van der Waals surface area contributed by atoms with Gasteiger partial charge in [-0.2, -0.15) is 0 Å². The quantitative estimate of drug-likeness (QED) is 0.808. The van der Waals surface area contributed by atoms with Crippen LogP contribution in [0.25, 0.3) is 0 Å². The van der Waals surface area contributed by atoms with Crippen LogP contribution >= 0.6 is 11.5 Å². The number of hydrogen-bond acceptors (Lipinski definition) is 4. The average Bonchev–Trinajstić information content (AvgIpc) is 2.49. The molecule has 74 valence electrons. The first-order valence-electron chi connectivity index (χ1n) is 4.71. The Labute approximate surface area is 83.5 Å². The highest BCUT2D eigenvalue weighted by Gasteiger charge is 2.15. The monoisotopic (exact) mass is 199 g/mol. The van der Waals surface area contributed by atoms with Gasteiger partial charge in [0.15, 0.2) is 0 Å². The van der Waals surface area contributed by atoms with Crippen LogP contribution in [0.2, 0.25) is 0 Å². The third kappa shape index (κ3) is 2.74. The summed E-state index contributed by atoms with van der Waals surface area (Å²) in [6.07, 6.45) is 1.94. The van der Waals surface area contributed by atoms with Crippen LogP contribution in [-0.2, 0) is 6.42 Å². The molecule has 0 radical (unpaired) electrons.